The van der Waals surface area contributed by atoms with Crippen molar-refractivity contribution in [3.8, 4) is 0 Å². The summed E-state index contributed by atoms with van der Waals surface area (Å²) in [5.41, 5.74) is 2.36. The molecule has 1 N–H and O–H groups in total. The van der Waals surface area contributed by atoms with Crippen molar-refractivity contribution in [1.29, 1.82) is 0 Å². The van der Waals surface area contributed by atoms with Crippen LogP contribution in [0, 0.1) is 10.1 Å². The molecule has 0 atom stereocenters. The summed E-state index contributed by atoms with van der Waals surface area (Å²) in [6.45, 7) is 4.85. The number of hydrogen-bond donors (Lipinski definition) is 1. The van der Waals surface area contributed by atoms with E-state index in [1.807, 2.05) is 38.1 Å². The number of amides is 1. The van der Waals surface area contributed by atoms with E-state index in [1.165, 1.54) is 18.2 Å². The number of rotatable bonds is 8. The number of para-hydroxylation sites is 1. The van der Waals surface area contributed by atoms with Gasteiger partial charge in [0.1, 0.15) is 0 Å². The molecule has 6 heteroatoms. The van der Waals surface area contributed by atoms with Crippen LogP contribution in [0.25, 0.3) is 6.08 Å². The third-order valence-electron chi connectivity index (χ3n) is 3.59. The van der Waals surface area contributed by atoms with Gasteiger partial charge >= 0.3 is 0 Å². The highest BCUT2D eigenvalue weighted by Crippen LogP contribution is 2.18. The number of benzene rings is 2. The zero-order valence-electron chi connectivity index (χ0n) is 14.8. The summed E-state index contributed by atoms with van der Waals surface area (Å²) in [7, 11) is 0. The Labute approximate surface area is 152 Å². The summed E-state index contributed by atoms with van der Waals surface area (Å²) in [5.74, 6) is -0.313. The standard InChI is InChI=1S/C20H22N2O4/c1-15(2)26-14-17-7-5-6-16(12-17)13-21-20(23)11-10-18-8-3-4-9-19(18)22(24)25/h3-12,15H,13-14H2,1-2H3,(H,21,23)/b11-10+. The fourth-order valence-electron chi connectivity index (χ4n) is 2.30. The quantitative estimate of drug-likeness (QED) is 0.443. The third kappa shape index (κ3) is 6.14. The van der Waals surface area contributed by atoms with Gasteiger partial charge in [-0.1, -0.05) is 36.4 Å². The molecule has 0 aliphatic rings. The van der Waals surface area contributed by atoms with E-state index >= 15 is 0 Å². The molecule has 2 aromatic carbocycles. The zero-order valence-corrected chi connectivity index (χ0v) is 14.8. The normalized spacial score (nSPS) is 11.0. The topological polar surface area (TPSA) is 81.5 Å². The van der Waals surface area contributed by atoms with Crippen LogP contribution in [0.4, 0.5) is 5.69 Å². The molecule has 0 radical (unpaired) electrons. The molecule has 2 aromatic rings. The van der Waals surface area contributed by atoms with E-state index in [0.717, 1.165) is 11.1 Å². The number of hydrogen-bond acceptors (Lipinski definition) is 4. The van der Waals surface area contributed by atoms with Crippen molar-refractivity contribution >= 4 is 17.7 Å². The molecule has 26 heavy (non-hydrogen) atoms. The Hall–Kier alpha value is -2.99. The van der Waals surface area contributed by atoms with Crippen LogP contribution in [0.3, 0.4) is 0 Å². The van der Waals surface area contributed by atoms with Gasteiger partial charge in [-0.25, -0.2) is 0 Å². The Morgan fingerprint density at radius 1 is 1.19 bits per heavy atom. The largest absolute Gasteiger partial charge is 0.374 e. The van der Waals surface area contributed by atoms with Gasteiger partial charge in [-0.05, 0) is 37.1 Å². The van der Waals surface area contributed by atoms with E-state index in [2.05, 4.69) is 5.32 Å². The minimum absolute atomic E-state index is 0.0330. The van der Waals surface area contributed by atoms with E-state index in [4.69, 9.17) is 4.74 Å². The van der Waals surface area contributed by atoms with Crippen molar-refractivity contribution in [3.05, 3.63) is 81.4 Å². The number of ether oxygens (including phenoxy) is 1. The average molecular weight is 354 g/mol. The van der Waals surface area contributed by atoms with Crippen LogP contribution in [-0.4, -0.2) is 16.9 Å². The molecule has 0 aromatic heterocycles. The molecule has 0 saturated carbocycles. The first kappa shape index (κ1) is 19.3. The van der Waals surface area contributed by atoms with Gasteiger partial charge in [-0.3, -0.25) is 14.9 Å². The number of nitrogens with zero attached hydrogens (tertiary/aromatic N) is 1. The van der Waals surface area contributed by atoms with Crippen molar-refractivity contribution in [2.24, 2.45) is 0 Å². The summed E-state index contributed by atoms with van der Waals surface area (Å²) in [5, 5.41) is 13.7. The van der Waals surface area contributed by atoms with Gasteiger partial charge in [0.15, 0.2) is 0 Å². The lowest BCUT2D eigenvalue weighted by Gasteiger charge is -2.09. The molecule has 0 aliphatic carbocycles. The Morgan fingerprint density at radius 3 is 2.65 bits per heavy atom. The van der Waals surface area contributed by atoms with E-state index < -0.39 is 4.92 Å². The highest BCUT2D eigenvalue weighted by Gasteiger charge is 2.09. The van der Waals surface area contributed by atoms with Gasteiger partial charge in [-0.15, -0.1) is 0 Å². The van der Waals surface area contributed by atoms with Crippen molar-refractivity contribution in [3.63, 3.8) is 0 Å². The Morgan fingerprint density at radius 2 is 1.92 bits per heavy atom. The van der Waals surface area contributed by atoms with Crippen LogP contribution in [-0.2, 0) is 22.7 Å². The van der Waals surface area contributed by atoms with Gasteiger partial charge in [0.05, 0.1) is 23.2 Å². The first-order valence-corrected chi connectivity index (χ1v) is 8.34. The first-order chi connectivity index (χ1) is 12.5. The lowest BCUT2D eigenvalue weighted by Crippen LogP contribution is -2.20. The van der Waals surface area contributed by atoms with Crippen molar-refractivity contribution in [1.82, 2.24) is 5.32 Å². The molecule has 136 valence electrons. The SMILES string of the molecule is CC(C)OCc1cccc(CNC(=O)/C=C/c2ccccc2[N+](=O)[O-])c1. The number of carbonyl (C=O) groups excluding carboxylic acids is 1. The summed E-state index contributed by atoms with van der Waals surface area (Å²) >= 11 is 0. The predicted molar refractivity (Wildman–Crippen MR) is 100 cm³/mol. The second kappa shape index (κ2) is 9.48. The van der Waals surface area contributed by atoms with E-state index in [9.17, 15) is 14.9 Å². The van der Waals surface area contributed by atoms with Crippen LogP contribution >= 0.6 is 0 Å². The van der Waals surface area contributed by atoms with Crippen LogP contribution in [0.15, 0.2) is 54.6 Å². The zero-order chi connectivity index (χ0) is 18.9. The van der Waals surface area contributed by atoms with Gasteiger partial charge in [0.2, 0.25) is 5.91 Å². The highest BCUT2D eigenvalue weighted by atomic mass is 16.6. The number of nitro benzene ring substituents is 1. The van der Waals surface area contributed by atoms with E-state index in [1.54, 1.807) is 18.2 Å². The fraction of sp³-hybridized carbons (Fsp3) is 0.250. The minimum Gasteiger partial charge on any atom is -0.374 e. The summed E-state index contributed by atoms with van der Waals surface area (Å²) in [6, 6.07) is 14.1. The smallest absolute Gasteiger partial charge is 0.276 e. The molecule has 2 rings (SSSR count). The van der Waals surface area contributed by atoms with Gasteiger partial charge < -0.3 is 10.1 Å². The lowest BCUT2D eigenvalue weighted by atomic mass is 10.1. The van der Waals surface area contributed by atoms with Crippen molar-refractivity contribution < 1.29 is 14.5 Å². The predicted octanol–water partition coefficient (Wildman–Crippen LogP) is 3.85. The Bertz CT molecular complexity index is 800. The maximum Gasteiger partial charge on any atom is 0.276 e. The van der Waals surface area contributed by atoms with Crippen LogP contribution < -0.4 is 5.32 Å². The molecule has 1 amide bonds. The molecule has 0 aliphatic heterocycles. The third-order valence-corrected chi connectivity index (χ3v) is 3.59. The summed E-state index contributed by atoms with van der Waals surface area (Å²) in [4.78, 5) is 22.5. The molecule has 6 nitrogen and oxygen atoms in total. The lowest BCUT2D eigenvalue weighted by molar-refractivity contribution is -0.385. The van der Waals surface area contributed by atoms with E-state index in [-0.39, 0.29) is 17.7 Å². The summed E-state index contributed by atoms with van der Waals surface area (Å²) < 4.78 is 5.57. The molecular formula is C20H22N2O4. The molecule has 0 heterocycles. The second-order valence-corrected chi connectivity index (χ2v) is 6.05. The molecular weight excluding hydrogens is 332 g/mol. The van der Waals surface area contributed by atoms with Gasteiger partial charge in [0.25, 0.3) is 5.69 Å². The van der Waals surface area contributed by atoms with Crippen LogP contribution in [0.1, 0.15) is 30.5 Å². The number of nitro groups is 1. The molecule has 0 fully saturated rings. The molecule has 0 saturated heterocycles. The monoisotopic (exact) mass is 354 g/mol. The minimum atomic E-state index is -0.470. The molecule has 0 bridgehead atoms. The molecule has 0 spiro atoms. The van der Waals surface area contributed by atoms with Crippen LogP contribution in [0.5, 0.6) is 0 Å². The average Bonchev–Trinajstić information content (AvgIpc) is 2.63. The van der Waals surface area contributed by atoms with Crippen molar-refractivity contribution in [2.75, 3.05) is 0 Å². The van der Waals surface area contributed by atoms with Crippen LogP contribution in [0.2, 0.25) is 0 Å². The molecule has 0 unspecified atom stereocenters. The number of carbonyl (C=O) groups is 1. The maximum atomic E-state index is 12.0. The Balaban J connectivity index is 1.93. The van der Waals surface area contributed by atoms with Crippen molar-refractivity contribution in [2.45, 2.75) is 33.1 Å². The van der Waals surface area contributed by atoms with Gasteiger partial charge in [0, 0.05) is 18.7 Å². The second-order valence-electron chi connectivity index (χ2n) is 6.05. The fourth-order valence-corrected chi connectivity index (χ4v) is 2.30. The Kier molecular flexibility index (Phi) is 7.05. The highest BCUT2D eigenvalue weighted by molar-refractivity contribution is 5.92. The van der Waals surface area contributed by atoms with Gasteiger partial charge in [-0.2, -0.15) is 0 Å². The number of nitrogens with one attached hydrogen (secondary N) is 1. The summed E-state index contributed by atoms with van der Waals surface area (Å²) in [6.07, 6.45) is 2.90. The van der Waals surface area contributed by atoms with E-state index in [0.29, 0.717) is 18.7 Å². The first-order valence-electron chi connectivity index (χ1n) is 8.34. The maximum absolute atomic E-state index is 12.0.